The Hall–Kier alpha value is -1.72. The fourth-order valence-corrected chi connectivity index (χ4v) is 3.84. The van der Waals surface area contributed by atoms with E-state index in [2.05, 4.69) is 11.9 Å². The summed E-state index contributed by atoms with van der Waals surface area (Å²) in [7, 11) is 0. The molecule has 1 aromatic carbocycles. The molecule has 0 spiro atoms. The molecule has 3 rings (SSSR count). The first kappa shape index (κ1) is 15.2. The Kier molecular flexibility index (Phi) is 4.55. The van der Waals surface area contributed by atoms with E-state index in [9.17, 15) is 4.79 Å². The van der Waals surface area contributed by atoms with E-state index >= 15 is 0 Å². The number of nitrogens with two attached hydrogens (primary N) is 1. The zero-order chi connectivity index (χ0) is 15.5. The molecule has 2 aromatic rings. The molecule has 22 heavy (non-hydrogen) atoms. The summed E-state index contributed by atoms with van der Waals surface area (Å²) in [6, 6.07) is 10.4. The number of carbonyl (C=O) groups excluding carboxylic acids is 1. The molecule has 1 aromatic heterocycles. The maximum atomic E-state index is 12.5. The maximum absolute atomic E-state index is 12.5. The zero-order valence-electron chi connectivity index (χ0n) is 12.7. The first-order chi connectivity index (χ1) is 10.7. The van der Waals surface area contributed by atoms with Gasteiger partial charge in [-0.3, -0.25) is 4.79 Å². The molecule has 1 aliphatic heterocycles. The minimum atomic E-state index is 0.161. The van der Waals surface area contributed by atoms with Crippen LogP contribution in [0.5, 0.6) is 0 Å². The highest BCUT2D eigenvalue weighted by atomic mass is 32.1. The molecular weight excluding hydrogens is 294 g/mol. The van der Waals surface area contributed by atoms with Gasteiger partial charge in [0.05, 0.1) is 12.1 Å². The lowest BCUT2D eigenvalue weighted by Crippen LogP contribution is -2.35. The minimum absolute atomic E-state index is 0.161. The average Bonchev–Trinajstić information content (AvgIpc) is 3.14. The summed E-state index contributed by atoms with van der Waals surface area (Å²) >= 11 is 1.59. The van der Waals surface area contributed by atoms with E-state index in [1.807, 2.05) is 40.6 Å². The van der Waals surface area contributed by atoms with Crippen LogP contribution in [0.3, 0.4) is 0 Å². The SMILES string of the molecule is CC1CC(CN)CN1C(=O)Cc1csc(-c2ccccc2)n1. The summed E-state index contributed by atoms with van der Waals surface area (Å²) in [5.41, 5.74) is 7.69. The summed E-state index contributed by atoms with van der Waals surface area (Å²) in [6.07, 6.45) is 1.39. The quantitative estimate of drug-likeness (QED) is 0.943. The normalized spacial score (nSPS) is 21.3. The van der Waals surface area contributed by atoms with Crippen LogP contribution >= 0.6 is 11.3 Å². The molecule has 116 valence electrons. The van der Waals surface area contributed by atoms with Crippen LogP contribution in [-0.4, -0.2) is 34.9 Å². The van der Waals surface area contributed by atoms with E-state index in [4.69, 9.17) is 5.73 Å². The van der Waals surface area contributed by atoms with Crippen LogP contribution in [0.2, 0.25) is 0 Å². The number of benzene rings is 1. The molecule has 2 unspecified atom stereocenters. The van der Waals surface area contributed by atoms with Gasteiger partial charge in [0.2, 0.25) is 5.91 Å². The van der Waals surface area contributed by atoms with Crippen LogP contribution in [0.4, 0.5) is 0 Å². The van der Waals surface area contributed by atoms with Crippen molar-refractivity contribution in [2.45, 2.75) is 25.8 Å². The van der Waals surface area contributed by atoms with Gasteiger partial charge in [0.15, 0.2) is 0 Å². The molecule has 0 bridgehead atoms. The Labute approximate surface area is 135 Å². The molecule has 2 atom stereocenters. The average molecular weight is 315 g/mol. The van der Waals surface area contributed by atoms with Gasteiger partial charge in [-0.2, -0.15) is 0 Å². The second kappa shape index (κ2) is 6.58. The lowest BCUT2D eigenvalue weighted by Gasteiger charge is -2.21. The van der Waals surface area contributed by atoms with Crippen LogP contribution in [0, 0.1) is 5.92 Å². The molecule has 1 aliphatic rings. The third-order valence-corrected chi connectivity index (χ3v) is 5.16. The second-order valence-corrected chi connectivity index (χ2v) is 6.78. The molecule has 1 saturated heterocycles. The third kappa shape index (κ3) is 3.20. The van der Waals surface area contributed by atoms with Crippen molar-refractivity contribution in [1.82, 2.24) is 9.88 Å². The first-order valence-electron chi connectivity index (χ1n) is 7.66. The van der Waals surface area contributed by atoms with Crippen molar-refractivity contribution < 1.29 is 4.79 Å². The highest BCUT2D eigenvalue weighted by molar-refractivity contribution is 7.13. The predicted octanol–water partition coefficient (Wildman–Crippen LogP) is 2.55. The topological polar surface area (TPSA) is 59.2 Å². The van der Waals surface area contributed by atoms with Crippen molar-refractivity contribution in [2.24, 2.45) is 11.7 Å². The highest BCUT2D eigenvalue weighted by Crippen LogP contribution is 2.26. The van der Waals surface area contributed by atoms with Gasteiger partial charge >= 0.3 is 0 Å². The van der Waals surface area contributed by atoms with Gasteiger partial charge in [-0.25, -0.2) is 4.98 Å². The van der Waals surface area contributed by atoms with E-state index in [-0.39, 0.29) is 11.9 Å². The van der Waals surface area contributed by atoms with Gasteiger partial charge < -0.3 is 10.6 Å². The summed E-state index contributed by atoms with van der Waals surface area (Å²) in [6.45, 7) is 3.54. The van der Waals surface area contributed by atoms with Crippen LogP contribution in [0.25, 0.3) is 10.6 Å². The van der Waals surface area contributed by atoms with Gasteiger partial charge in [0.1, 0.15) is 5.01 Å². The Balaban J connectivity index is 1.67. The highest BCUT2D eigenvalue weighted by Gasteiger charge is 2.31. The number of thiazole rings is 1. The molecule has 1 fully saturated rings. The number of likely N-dealkylation sites (tertiary alicyclic amines) is 1. The van der Waals surface area contributed by atoms with Gasteiger partial charge in [-0.1, -0.05) is 30.3 Å². The first-order valence-corrected chi connectivity index (χ1v) is 8.54. The number of hydrogen-bond acceptors (Lipinski definition) is 4. The van der Waals surface area contributed by atoms with Crippen LogP contribution in [0.15, 0.2) is 35.7 Å². The van der Waals surface area contributed by atoms with Gasteiger partial charge in [0.25, 0.3) is 0 Å². The molecule has 5 heteroatoms. The number of amides is 1. The summed E-state index contributed by atoms with van der Waals surface area (Å²) in [5.74, 6) is 0.600. The fraction of sp³-hybridized carbons (Fsp3) is 0.412. The van der Waals surface area contributed by atoms with Gasteiger partial charge in [-0.15, -0.1) is 11.3 Å². The molecule has 0 radical (unpaired) electrons. The number of carbonyl (C=O) groups is 1. The predicted molar refractivity (Wildman–Crippen MR) is 89.6 cm³/mol. The Morgan fingerprint density at radius 1 is 1.41 bits per heavy atom. The Morgan fingerprint density at radius 3 is 2.86 bits per heavy atom. The Morgan fingerprint density at radius 2 is 2.18 bits per heavy atom. The zero-order valence-corrected chi connectivity index (χ0v) is 13.6. The number of aromatic nitrogens is 1. The summed E-state index contributed by atoms with van der Waals surface area (Å²) in [4.78, 5) is 19.0. The second-order valence-electron chi connectivity index (χ2n) is 5.92. The monoisotopic (exact) mass is 315 g/mol. The smallest absolute Gasteiger partial charge is 0.228 e. The van der Waals surface area contributed by atoms with Crippen LogP contribution in [0.1, 0.15) is 19.0 Å². The van der Waals surface area contributed by atoms with Crippen LogP contribution < -0.4 is 5.73 Å². The van der Waals surface area contributed by atoms with E-state index in [0.29, 0.717) is 18.9 Å². The largest absolute Gasteiger partial charge is 0.339 e. The molecule has 1 amide bonds. The Bertz CT molecular complexity index is 640. The number of nitrogens with zero attached hydrogens (tertiary/aromatic N) is 2. The molecular formula is C17H21N3OS. The lowest BCUT2D eigenvalue weighted by molar-refractivity contribution is -0.131. The maximum Gasteiger partial charge on any atom is 0.228 e. The van der Waals surface area contributed by atoms with E-state index in [1.165, 1.54) is 0 Å². The lowest BCUT2D eigenvalue weighted by atomic mass is 10.1. The van der Waals surface area contributed by atoms with Crippen molar-refractivity contribution in [3.05, 3.63) is 41.4 Å². The van der Waals surface area contributed by atoms with Gasteiger partial charge in [-0.05, 0) is 25.8 Å². The van der Waals surface area contributed by atoms with Crippen molar-refractivity contribution in [3.63, 3.8) is 0 Å². The standard InChI is InChI=1S/C17H21N3OS/c1-12-7-13(9-18)10-20(12)16(21)8-15-11-22-17(19-15)14-5-3-2-4-6-14/h2-6,11-13H,7-10,18H2,1H3. The van der Waals surface area contributed by atoms with Crippen molar-refractivity contribution in [3.8, 4) is 10.6 Å². The van der Waals surface area contributed by atoms with E-state index in [1.54, 1.807) is 11.3 Å². The summed E-state index contributed by atoms with van der Waals surface area (Å²) in [5, 5.41) is 2.96. The van der Waals surface area contributed by atoms with Gasteiger partial charge in [0, 0.05) is 23.5 Å². The van der Waals surface area contributed by atoms with E-state index in [0.717, 1.165) is 29.2 Å². The van der Waals surface area contributed by atoms with Crippen LogP contribution in [-0.2, 0) is 11.2 Å². The fourth-order valence-electron chi connectivity index (χ4n) is 3.02. The van der Waals surface area contributed by atoms with E-state index < -0.39 is 0 Å². The molecule has 4 nitrogen and oxygen atoms in total. The van der Waals surface area contributed by atoms with Crippen molar-refractivity contribution >= 4 is 17.2 Å². The molecule has 2 heterocycles. The van der Waals surface area contributed by atoms with Crippen molar-refractivity contribution in [1.29, 1.82) is 0 Å². The minimum Gasteiger partial charge on any atom is -0.339 e. The third-order valence-electron chi connectivity index (χ3n) is 4.22. The summed E-state index contributed by atoms with van der Waals surface area (Å²) < 4.78 is 0. The number of rotatable bonds is 4. The molecule has 2 N–H and O–H groups in total. The van der Waals surface area contributed by atoms with Crippen molar-refractivity contribution in [2.75, 3.05) is 13.1 Å². The number of hydrogen-bond donors (Lipinski definition) is 1. The molecule has 0 aliphatic carbocycles. The molecule has 0 saturated carbocycles.